The lowest BCUT2D eigenvalue weighted by molar-refractivity contribution is 0.574. The molecule has 1 aromatic carbocycles. The van der Waals surface area contributed by atoms with Gasteiger partial charge in [-0.1, -0.05) is 18.2 Å². The Hall–Kier alpha value is -2.51. The fourth-order valence-corrected chi connectivity index (χ4v) is 3.40. The summed E-state index contributed by atoms with van der Waals surface area (Å²) in [7, 11) is -3.61. The average Bonchev–Trinajstić information content (AvgIpc) is 3.07. The third-order valence-electron chi connectivity index (χ3n) is 3.37. The molecule has 0 saturated carbocycles. The molecule has 24 heavy (non-hydrogen) atoms. The van der Waals surface area contributed by atoms with Crippen molar-refractivity contribution in [3.63, 3.8) is 0 Å². The Morgan fingerprint density at radius 3 is 2.75 bits per heavy atom. The SMILES string of the molecule is O=S(=O)(Cc1cccc(F)c1)NCc1cccnc1-c1ccco1. The first-order chi connectivity index (χ1) is 11.5. The first-order valence-corrected chi connectivity index (χ1v) is 8.88. The highest BCUT2D eigenvalue weighted by molar-refractivity contribution is 7.88. The van der Waals surface area contributed by atoms with Gasteiger partial charge in [0.2, 0.25) is 10.0 Å². The predicted molar refractivity (Wildman–Crippen MR) is 87.8 cm³/mol. The van der Waals surface area contributed by atoms with Crippen molar-refractivity contribution in [1.29, 1.82) is 0 Å². The van der Waals surface area contributed by atoms with Crippen LogP contribution in [0.5, 0.6) is 0 Å². The van der Waals surface area contributed by atoms with Crippen LogP contribution >= 0.6 is 0 Å². The largest absolute Gasteiger partial charge is 0.463 e. The van der Waals surface area contributed by atoms with Gasteiger partial charge >= 0.3 is 0 Å². The van der Waals surface area contributed by atoms with Gasteiger partial charge in [0.15, 0.2) is 5.76 Å². The summed E-state index contributed by atoms with van der Waals surface area (Å²) in [6.07, 6.45) is 3.14. The van der Waals surface area contributed by atoms with Gasteiger partial charge in [0.05, 0.1) is 12.0 Å². The van der Waals surface area contributed by atoms with Crippen LogP contribution < -0.4 is 4.72 Å². The fourth-order valence-electron chi connectivity index (χ4n) is 2.30. The van der Waals surface area contributed by atoms with Crippen LogP contribution in [0, 0.1) is 5.82 Å². The molecule has 7 heteroatoms. The van der Waals surface area contributed by atoms with E-state index >= 15 is 0 Å². The summed E-state index contributed by atoms with van der Waals surface area (Å²) in [6.45, 7) is 0.0710. The van der Waals surface area contributed by atoms with E-state index in [1.54, 1.807) is 36.5 Å². The van der Waals surface area contributed by atoms with E-state index in [9.17, 15) is 12.8 Å². The van der Waals surface area contributed by atoms with E-state index in [0.717, 1.165) is 0 Å². The second kappa shape index (κ2) is 6.94. The molecule has 0 aliphatic heterocycles. The summed E-state index contributed by atoms with van der Waals surface area (Å²) >= 11 is 0. The predicted octanol–water partition coefficient (Wildman–Crippen LogP) is 3.10. The smallest absolute Gasteiger partial charge is 0.216 e. The van der Waals surface area contributed by atoms with Crippen molar-refractivity contribution in [3.05, 3.63) is 77.9 Å². The van der Waals surface area contributed by atoms with Crippen LogP contribution in [0.4, 0.5) is 4.39 Å². The zero-order chi connectivity index (χ0) is 17.0. The van der Waals surface area contributed by atoms with Crippen molar-refractivity contribution < 1.29 is 17.2 Å². The third-order valence-corrected chi connectivity index (χ3v) is 4.67. The average molecular weight is 346 g/mol. The van der Waals surface area contributed by atoms with Crippen LogP contribution in [0.3, 0.4) is 0 Å². The summed E-state index contributed by atoms with van der Waals surface area (Å²) in [6, 6.07) is 12.5. The molecular weight excluding hydrogens is 331 g/mol. The van der Waals surface area contributed by atoms with Crippen LogP contribution in [0.2, 0.25) is 0 Å². The van der Waals surface area contributed by atoms with Gasteiger partial charge in [-0.15, -0.1) is 0 Å². The molecule has 0 aliphatic carbocycles. The third kappa shape index (κ3) is 4.06. The van der Waals surface area contributed by atoms with Gasteiger partial charge in [-0.3, -0.25) is 4.98 Å². The maximum Gasteiger partial charge on any atom is 0.216 e. The van der Waals surface area contributed by atoms with Crippen LogP contribution in [0.15, 0.2) is 65.4 Å². The number of furan rings is 1. The summed E-state index contributed by atoms with van der Waals surface area (Å²) in [4.78, 5) is 4.24. The Morgan fingerprint density at radius 1 is 1.12 bits per heavy atom. The maximum absolute atomic E-state index is 13.2. The second-order valence-corrected chi connectivity index (χ2v) is 7.01. The molecule has 124 valence electrons. The number of sulfonamides is 1. The number of aromatic nitrogens is 1. The molecule has 2 heterocycles. The van der Waals surface area contributed by atoms with E-state index < -0.39 is 15.8 Å². The molecule has 1 N–H and O–H groups in total. The maximum atomic E-state index is 13.2. The number of nitrogens with one attached hydrogen (secondary N) is 1. The van der Waals surface area contributed by atoms with Crippen LogP contribution in [0.1, 0.15) is 11.1 Å². The molecular formula is C17H15FN2O3S. The summed E-state index contributed by atoms with van der Waals surface area (Å²) in [5, 5.41) is 0. The van der Waals surface area contributed by atoms with Gasteiger partial charge < -0.3 is 4.42 Å². The Labute approximate surface area is 139 Å². The molecule has 0 unspecified atom stereocenters. The minimum atomic E-state index is -3.61. The fraction of sp³-hybridized carbons (Fsp3) is 0.118. The van der Waals surface area contributed by atoms with Crippen molar-refractivity contribution in [2.24, 2.45) is 0 Å². The van der Waals surface area contributed by atoms with Gasteiger partial charge in [-0.25, -0.2) is 17.5 Å². The second-order valence-electron chi connectivity index (χ2n) is 5.20. The van der Waals surface area contributed by atoms with Gasteiger partial charge in [0, 0.05) is 12.7 Å². The van der Waals surface area contributed by atoms with E-state index in [1.807, 2.05) is 0 Å². The molecule has 0 spiro atoms. The standard InChI is InChI=1S/C17H15FN2O3S/c18-15-6-1-4-13(10-15)12-24(21,22)20-11-14-5-2-8-19-17(14)16-7-3-9-23-16/h1-10,20H,11-12H2. The number of rotatable bonds is 6. The highest BCUT2D eigenvalue weighted by Gasteiger charge is 2.14. The zero-order valence-corrected chi connectivity index (χ0v) is 13.5. The summed E-state index contributed by atoms with van der Waals surface area (Å²) in [5.41, 5.74) is 1.66. The van der Waals surface area contributed by atoms with Gasteiger partial charge in [0.25, 0.3) is 0 Å². The highest BCUT2D eigenvalue weighted by atomic mass is 32.2. The van der Waals surface area contributed by atoms with Crippen LogP contribution in [0.25, 0.3) is 11.5 Å². The first-order valence-electron chi connectivity index (χ1n) is 7.23. The number of hydrogen-bond acceptors (Lipinski definition) is 4. The molecule has 3 rings (SSSR count). The quantitative estimate of drug-likeness (QED) is 0.744. The molecule has 0 atom stereocenters. The Kier molecular flexibility index (Phi) is 4.73. The number of hydrogen-bond donors (Lipinski definition) is 1. The molecule has 3 aromatic rings. The minimum absolute atomic E-state index is 0.0710. The molecule has 0 amide bonds. The summed E-state index contributed by atoms with van der Waals surface area (Å²) in [5.74, 6) is -0.189. The van der Waals surface area contributed by atoms with Gasteiger partial charge in [0.1, 0.15) is 11.5 Å². The Balaban J connectivity index is 1.74. The summed E-state index contributed by atoms with van der Waals surface area (Å²) < 4.78 is 45.4. The van der Waals surface area contributed by atoms with E-state index in [2.05, 4.69) is 9.71 Å². The number of halogens is 1. The number of benzene rings is 1. The van der Waals surface area contributed by atoms with E-state index in [4.69, 9.17) is 4.42 Å². The molecule has 0 radical (unpaired) electrons. The lowest BCUT2D eigenvalue weighted by Gasteiger charge is -2.09. The molecule has 0 aliphatic rings. The first kappa shape index (κ1) is 16.4. The highest BCUT2D eigenvalue weighted by Crippen LogP contribution is 2.21. The molecule has 0 saturated heterocycles. The molecule has 0 bridgehead atoms. The van der Waals surface area contributed by atoms with E-state index in [1.165, 1.54) is 24.5 Å². The molecule has 0 fully saturated rings. The molecule has 2 aromatic heterocycles. The monoisotopic (exact) mass is 346 g/mol. The van der Waals surface area contributed by atoms with Crippen molar-refractivity contribution in [1.82, 2.24) is 9.71 Å². The minimum Gasteiger partial charge on any atom is -0.463 e. The van der Waals surface area contributed by atoms with Crippen molar-refractivity contribution in [3.8, 4) is 11.5 Å². The number of nitrogens with zero attached hydrogens (tertiary/aromatic N) is 1. The van der Waals surface area contributed by atoms with E-state index in [0.29, 0.717) is 22.6 Å². The van der Waals surface area contributed by atoms with E-state index in [-0.39, 0.29) is 12.3 Å². The van der Waals surface area contributed by atoms with Crippen LogP contribution in [-0.2, 0) is 22.3 Å². The lowest BCUT2D eigenvalue weighted by Crippen LogP contribution is -2.25. The zero-order valence-electron chi connectivity index (χ0n) is 12.6. The van der Waals surface area contributed by atoms with Crippen LogP contribution in [-0.4, -0.2) is 13.4 Å². The Morgan fingerprint density at radius 2 is 2.00 bits per heavy atom. The normalized spacial score (nSPS) is 11.5. The van der Waals surface area contributed by atoms with Crippen molar-refractivity contribution in [2.45, 2.75) is 12.3 Å². The van der Waals surface area contributed by atoms with Gasteiger partial charge in [-0.05, 0) is 41.5 Å². The van der Waals surface area contributed by atoms with Gasteiger partial charge in [-0.2, -0.15) is 0 Å². The van der Waals surface area contributed by atoms with Crippen molar-refractivity contribution >= 4 is 10.0 Å². The molecule has 5 nitrogen and oxygen atoms in total. The lowest BCUT2D eigenvalue weighted by atomic mass is 10.1. The Bertz CT molecular complexity index is 925. The van der Waals surface area contributed by atoms with Crippen molar-refractivity contribution in [2.75, 3.05) is 0 Å². The topological polar surface area (TPSA) is 72.2 Å². The number of pyridine rings is 1.